The van der Waals surface area contributed by atoms with Crippen LogP contribution in [0.2, 0.25) is 0 Å². The van der Waals surface area contributed by atoms with Gasteiger partial charge in [-0.2, -0.15) is 0 Å². The Morgan fingerprint density at radius 2 is 1.50 bits per heavy atom. The first-order valence-electron chi connectivity index (χ1n) is 8.84. The largest absolute Gasteiger partial charge is 0.265 e. The van der Waals surface area contributed by atoms with Gasteiger partial charge in [-0.3, -0.25) is 4.31 Å². The molecule has 2 aromatic rings. The first-order chi connectivity index (χ1) is 11.7. The van der Waals surface area contributed by atoms with Gasteiger partial charge in [0.1, 0.15) is 0 Å². The SMILES string of the molecule is O=S(=O)(c1ccccc1)N1CC(C2CCCCC2)c2ccccc21. The van der Waals surface area contributed by atoms with Crippen LogP contribution in [0.4, 0.5) is 5.69 Å². The molecule has 0 bridgehead atoms. The second-order valence-corrected chi connectivity index (χ2v) is 8.77. The molecule has 1 atom stereocenters. The van der Waals surface area contributed by atoms with Gasteiger partial charge in [-0.25, -0.2) is 8.42 Å². The van der Waals surface area contributed by atoms with Crippen LogP contribution >= 0.6 is 0 Å². The Morgan fingerprint density at radius 3 is 2.25 bits per heavy atom. The molecule has 4 rings (SSSR count). The second-order valence-electron chi connectivity index (χ2n) is 6.91. The Bertz CT molecular complexity index is 811. The molecule has 3 nitrogen and oxygen atoms in total. The fraction of sp³-hybridized carbons (Fsp3) is 0.400. The molecule has 1 aliphatic carbocycles. The maximum Gasteiger partial charge on any atom is 0.264 e. The molecule has 126 valence electrons. The van der Waals surface area contributed by atoms with Crippen molar-refractivity contribution in [2.24, 2.45) is 5.92 Å². The third-order valence-electron chi connectivity index (χ3n) is 5.52. The minimum absolute atomic E-state index is 0.333. The van der Waals surface area contributed by atoms with Gasteiger partial charge in [0.25, 0.3) is 10.0 Å². The maximum atomic E-state index is 13.2. The molecule has 1 heterocycles. The van der Waals surface area contributed by atoms with Gasteiger partial charge < -0.3 is 0 Å². The van der Waals surface area contributed by atoms with E-state index in [1.54, 1.807) is 28.6 Å². The van der Waals surface area contributed by atoms with Crippen LogP contribution in [-0.4, -0.2) is 15.0 Å². The summed E-state index contributed by atoms with van der Waals surface area (Å²) in [6, 6.07) is 16.8. The number of fused-ring (bicyclic) bond motifs is 1. The summed E-state index contributed by atoms with van der Waals surface area (Å²) in [5, 5.41) is 0. The molecule has 0 radical (unpaired) electrons. The van der Waals surface area contributed by atoms with Crippen LogP contribution in [0.15, 0.2) is 59.5 Å². The molecule has 24 heavy (non-hydrogen) atoms. The van der Waals surface area contributed by atoms with Crippen LogP contribution < -0.4 is 4.31 Å². The molecular weight excluding hydrogens is 318 g/mol. The molecule has 0 spiro atoms. The summed E-state index contributed by atoms with van der Waals surface area (Å²) in [5.74, 6) is 0.941. The number of sulfonamides is 1. The fourth-order valence-electron chi connectivity index (χ4n) is 4.29. The van der Waals surface area contributed by atoms with Crippen molar-refractivity contribution >= 4 is 15.7 Å². The van der Waals surface area contributed by atoms with Crippen LogP contribution in [0.25, 0.3) is 0 Å². The van der Waals surface area contributed by atoms with E-state index < -0.39 is 10.0 Å². The Morgan fingerprint density at radius 1 is 0.833 bits per heavy atom. The zero-order valence-electron chi connectivity index (χ0n) is 13.8. The van der Waals surface area contributed by atoms with E-state index in [1.165, 1.54) is 37.7 Å². The van der Waals surface area contributed by atoms with Crippen LogP contribution in [0.1, 0.15) is 43.6 Å². The summed E-state index contributed by atoms with van der Waals surface area (Å²) in [6.07, 6.45) is 6.30. The summed E-state index contributed by atoms with van der Waals surface area (Å²) in [6.45, 7) is 0.585. The van der Waals surface area contributed by atoms with E-state index in [0.29, 0.717) is 23.3 Å². The van der Waals surface area contributed by atoms with Gasteiger partial charge in [-0.1, -0.05) is 55.7 Å². The highest BCUT2D eigenvalue weighted by Crippen LogP contribution is 2.46. The molecule has 2 aromatic carbocycles. The van der Waals surface area contributed by atoms with Gasteiger partial charge in [-0.05, 0) is 42.5 Å². The van der Waals surface area contributed by atoms with Crippen molar-refractivity contribution in [3.63, 3.8) is 0 Å². The molecule has 0 N–H and O–H groups in total. The third-order valence-corrected chi connectivity index (χ3v) is 7.31. The molecule has 4 heteroatoms. The molecule has 0 saturated heterocycles. The van der Waals surface area contributed by atoms with Crippen LogP contribution in [0, 0.1) is 5.92 Å². The Balaban J connectivity index is 1.73. The third kappa shape index (κ3) is 2.63. The van der Waals surface area contributed by atoms with Crippen molar-refractivity contribution in [2.75, 3.05) is 10.8 Å². The lowest BCUT2D eigenvalue weighted by Crippen LogP contribution is -2.31. The van der Waals surface area contributed by atoms with Crippen molar-refractivity contribution in [2.45, 2.75) is 42.9 Å². The minimum Gasteiger partial charge on any atom is -0.265 e. The summed E-state index contributed by atoms with van der Waals surface area (Å²) in [5.41, 5.74) is 2.08. The van der Waals surface area contributed by atoms with E-state index >= 15 is 0 Å². The van der Waals surface area contributed by atoms with Gasteiger partial charge in [0.05, 0.1) is 10.6 Å². The van der Waals surface area contributed by atoms with E-state index in [-0.39, 0.29) is 0 Å². The van der Waals surface area contributed by atoms with Gasteiger partial charge >= 0.3 is 0 Å². The first-order valence-corrected chi connectivity index (χ1v) is 10.3. The molecule has 1 aliphatic heterocycles. The number of anilines is 1. The summed E-state index contributed by atoms with van der Waals surface area (Å²) >= 11 is 0. The lowest BCUT2D eigenvalue weighted by Gasteiger charge is -2.28. The average Bonchev–Trinajstić information content (AvgIpc) is 3.04. The van der Waals surface area contributed by atoms with Crippen molar-refractivity contribution < 1.29 is 8.42 Å². The fourth-order valence-corrected chi connectivity index (χ4v) is 5.83. The standard InChI is InChI=1S/C20H23NO2S/c22-24(23,17-11-5-2-6-12-17)21-15-19(16-9-3-1-4-10-16)18-13-7-8-14-20(18)21/h2,5-8,11-14,16,19H,1,3-4,9-10,15H2. The molecule has 1 unspecified atom stereocenters. The molecule has 1 fully saturated rings. The molecule has 0 amide bonds. The molecular formula is C20H23NO2S. The number of rotatable bonds is 3. The Hall–Kier alpha value is -1.81. The Labute approximate surface area is 144 Å². The maximum absolute atomic E-state index is 13.2. The smallest absolute Gasteiger partial charge is 0.264 e. The monoisotopic (exact) mass is 341 g/mol. The first kappa shape index (κ1) is 15.7. The van der Waals surface area contributed by atoms with Gasteiger partial charge in [0, 0.05) is 12.5 Å². The summed E-state index contributed by atoms with van der Waals surface area (Å²) < 4.78 is 27.9. The van der Waals surface area contributed by atoms with Crippen molar-refractivity contribution in [3.8, 4) is 0 Å². The van der Waals surface area contributed by atoms with E-state index in [0.717, 1.165) is 5.69 Å². The average molecular weight is 341 g/mol. The molecule has 2 aliphatic rings. The second kappa shape index (κ2) is 6.25. The predicted molar refractivity (Wildman–Crippen MR) is 96.7 cm³/mol. The van der Waals surface area contributed by atoms with E-state index in [9.17, 15) is 8.42 Å². The highest BCUT2D eigenvalue weighted by molar-refractivity contribution is 7.92. The number of benzene rings is 2. The highest BCUT2D eigenvalue weighted by Gasteiger charge is 2.39. The molecule has 1 saturated carbocycles. The number of hydrogen-bond donors (Lipinski definition) is 0. The lowest BCUT2D eigenvalue weighted by molar-refractivity contribution is 0.314. The Kier molecular flexibility index (Phi) is 4.09. The van der Waals surface area contributed by atoms with Crippen LogP contribution in [0.5, 0.6) is 0 Å². The van der Waals surface area contributed by atoms with E-state index in [4.69, 9.17) is 0 Å². The normalized spacial score (nSPS) is 21.7. The predicted octanol–water partition coefficient (Wildman–Crippen LogP) is 4.56. The van der Waals surface area contributed by atoms with Gasteiger partial charge in [0.2, 0.25) is 0 Å². The lowest BCUT2D eigenvalue weighted by atomic mass is 9.78. The molecule has 0 aromatic heterocycles. The van der Waals surface area contributed by atoms with Gasteiger partial charge in [0.15, 0.2) is 0 Å². The zero-order valence-corrected chi connectivity index (χ0v) is 14.6. The zero-order chi connectivity index (χ0) is 16.6. The van der Waals surface area contributed by atoms with E-state index in [1.807, 2.05) is 24.3 Å². The summed E-state index contributed by atoms with van der Waals surface area (Å²) in [4.78, 5) is 0.379. The summed E-state index contributed by atoms with van der Waals surface area (Å²) in [7, 11) is -3.49. The number of nitrogens with zero attached hydrogens (tertiary/aromatic N) is 1. The van der Waals surface area contributed by atoms with Crippen molar-refractivity contribution in [3.05, 3.63) is 60.2 Å². The van der Waals surface area contributed by atoms with Crippen LogP contribution in [0.3, 0.4) is 0 Å². The van der Waals surface area contributed by atoms with E-state index in [2.05, 4.69) is 6.07 Å². The van der Waals surface area contributed by atoms with Crippen molar-refractivity contribution in [1.82, 2.24) is 0 Å². The topological polar surface area (TPSA) is 37.4 Å². The van der Waals surface area contributed by atoms with Crippen molar-refractivity contribution in [1.29, 1.82) is 0 Å². The number of hydrogen-bond acceptors (Lipinski definition) is 2. The highest BCUT2D eigenvalue weighted by atomic mass is 32.2. The van der Waals surface area contributed by atoms with Crippen LogP contribution in [-0.2, 0) is 10.0 Å². The minimum atomic E-state index is -3.49. The number of para-hydroxylation sites is 1. The van der Waals surface area contributed by atoms with Gasteiger partial charge in [-0.15, -0.1) is 0 Å². The quantitative estimate of drug-likeness (QED) is 0.821.